The Balaban J connectivity index is 1.88. The van der Waals surface area contributed by atoms with Gasteiger partial charge in [0.05, 0.1) is 11.6 Å². The molecule has 106 valence electrons. The zero-order chi connectivity index (χ0) is 15.1. The second-order valence-electron chi connectivity index (χ2n) is 4.35. The maximum atomic E-state index is 8.86. The summed E-state index contributed by atoms with van der Waals surface area (Å²) in [5, 5.41) is 15.6. The fourth-order valence-corrected chi connectivity index (χ4v) is 2.37. The number of hydrogen-bond donors (Lipinski definition) is 2. The number of nitriles is 1. The summed E-state index contributed by atoms with van der Waals surface area (Å²) in [7, 11) is 0. The molecule has 0 saturated carbocycles. The third kappa shape index (κ3) is 4.78. The maximum absolute atomic E-state index is 8.86. The van der Waals surface area contributed by atoms with Crippen molar-refractivity contribution in [3.63, 3.8) is 0 Å². The van der Waals surface area contributed by atoms with Gasteiger partial charge in [0.1, 0.15) is 0 Å². The minimum absolute atomic E-state index is 0.541. The number of thiocarbonyl (C=S) groups is 1. The normalized spacial score (nSPS) is 9.71. The predicted molar refractivity (Wildman–Crippen MR) is 92.4 cm³/mol. The first kappa shape index (κ1) is 15.4. The molecule has 0 bridgehead atoms. The average Bonchev–Trinajstić information content (AvgIpc) is 2.53. The van der Waals surface area contributed by atoms with Gasteiger partial charge in [-0.15, -0.1) is 11.8 Å². The Morgan fingerprint density at radius 3 is 2.67 bits per heavy atom. The molecule has 0 aliphatic heterocycles. The first-order valence-electron chi connectivity index (χ1n) is 6.39. The Labute approximate surface area is 134 Å². The van der Waals surface area contributed by atoms with Gasteiger partial charge in [0.15, 0.2) is 5.11 Å². The van der Waals surface area contributed by atoms with Gasteiger partial charge in [-0.2, -0.15) is 5.26 Å². The van der Waals surface area contributed by atoms with Crippen molar-refractivity contribution < 1.29 is 0 Å². The van der Waals surface area contributed by atoms with E-state index in [2.05, 4.69) is 47.2 Å². The third-order valence-corrected chi connectivity index (χ3v) is 3.85. The van der Waals surface area contributed by atoms with Crippen LogP contribution in [0.2, 0.25) is 0 Å². The van der Waals surface area contributed by atoms with Gasteiger partial charge < -0.3 is 10.6 Å². The summed E-state index contributed by atoms with van der Waals surface area (Å²) in [5.74, 6) is 0. The van der Waals surface area contributed by atoms with Crippen molar-refractivity contribution in [2.24, 2.45) is 0 Å². The van der Waals surface area contributed by atoms with Gasteiger partial charge >= 0.3 is 0 Å². The molecule has 0 radical (unpaired) electrons. The standard InChI is InChI=1S/C16H15N3S2/c1-21-15-7-5-12(6-8-15)11-18-16(20)19-14-4-2-3-13(9-14)10-17/h2-9H,11H2,1H3,(H2,18,19,20). The zero-order valence-electron chi connectivity index (χ0n) is 11.6. The highest BCUT2D eigenvalue weighted by molar-refractivity contribution is 7.98. The minimum atomic E-state index is 0.541. The highest BCUT2D eigenvalue weighted by Crippen LogP contribution is 2.14. The van der Waals surface area contributed by atoms with Gasteiger partial charge in [-0.25, -0.2) is 0 Å². The van der Waals surface area contributed by atoms with Crippen molar-refractivity contribution in [3.05, 3.63) is 59.7 Å². The molecule has 0 atom stereocenters. The molecule has 2 aromatic rings. The molecule has 0 aromatic heterocycles. The van der Waals surface area contributed by atoms with E-state index in [1.165, 1.54) is 10.5 Å². The van der Waals surface area contributed by atoms with Crippen molar-refractivity contribution in [3.8, 4) is 6.07 Å². The van der Waals surface area contributed by atoms with Crippen LogP contribution in [0.4, 0.5) is 5.69 Å². The van der Waals surface area contributed by atoms with E-state index in [4.69, 9.17) is 17.5 Å². The number of nitrogens with zero attached hydrogens (tertiary/aromatic N) is 1. The lowest BCUT2D eigenvalue weighted by atomic mass is 10.2. The molecule has 0 fully saturated rings. The minimum Gasteiger partial charge on any atom is -0.358 e. The van der Waals surface area contributed by atoms with Gasteiger partial charge in [0.25, 0.3) is 0 Å². The number of nitrogens with one attached hydrogen (secondary N) is 2. The molecule has 2 N–H and O–H groups in total. The topological polar surface area (TPSA) is 47.8 Å². The number of benzene rings is 2. The Kier molecular flexibility index (Phi) is 5.61. The van der Waals surface area contributed by atoms with Crippen LogP contribution in [0.15, 0.2) is 53.4 Å². The first-order chi connectivity index (χ1) is 10.2. The fourth-order valence-electron chi connectivity index (χ4n) is 1.77. The Bertz CT molecular complexity index is 660. The molecule has 0 unspecified atom stereocenters. The van der Waals surface area contributed by atoms with Crippen LogP contribution in [-0.4, -0.2) is 11.4 Å². The van der Waals surface area contributed by atoms with Crippen molar-refractivity contribution in [2.75, 3.05) is 11.6 Å². The molecule has 0 heterocycles. The first-order valence-corrected chi connectivity index (χ1v) is 8.02. The summed E-state index contributed by atoms with van der Waals surface area (Å²) in [5.41, 5.74) is 2.59. The molecule has 0 aliphatic carbocycles. The summed E-state index contributed by atoms with van der Waals surface area (Å²) < 4.78 is 0. The van der Waals surface area contributed by atoms with Gasteiger partial charge in [-0.3, -0.25) is 0 Å². The van der Waals surface area contributed by atoms with Crippen LogP contribution in [0.1, 0.15) is 11.1 Å². The quantitative estimate of drug-likeness (QED) is 0.665. The van der Waals surface area contributed by atoms with Crippen molar-refractivity contribution in [1.82, 2.24) is 5.32 Å². The number of hydrogen-bond acceptors (Lipinski definition) is 3. The van der Waals surface area contributed by atoms with E-state index in [-0.39, 0.29) is 0 Å². The lowest BCUT2D eigenvalue weighted by molar-refractivity contribution is 0.924. The lowest BCUT2D eigenvalue weighted by Crippen LogP contribution is -2.27. The van der Waals surface area contributed by atoms with E-state index in [1.54, 1.807) is 23.9 Å². The van der Waals surface area contributed by atoms with Crippen LogP contribution < -0.4 is 10.6 Å². The number of anilines is 1. The number of rotatable bonds is 4. The van der Waals surface area contributed by atoms with Crippen LogP contribution in [-0.2, 0) is 6.54 Å². The highest BCUT2D eigenvalue weighted by Gasteiger charge is 2.00. The molecule has 21 heavy (non-hydrogen) atoms. The van der Waals surface area contributed by atoms with Gasteiger partial charge in [-0.1, -0.05) is 18.2 Å². The molecule has 0 amide bonds. The van der Waals surface area contributed by atoms with Crippen molar-refractivity contribution in [2.45, 2.75) is 11.4 Å². The molecule has 3 nitrogen and oxygen atoms in total. The van der Waals surface area contributed by atoms with E-state index in [9.17, 15) is 0 Å². The van der Waals surface area contributed by atoms with Crippen LogP contribution in [0.3, 0.4) is 0 Å². The smallest absolute Gasteiger partial charge is 0.171 e. The van der Waals surface area contributed by atoms with Crippen molar-refractivity contribution >= 4 is 34.8 Å². The molecule has 0 saturated heterocycles. The van der Waals surface area contributed by atoms with Crippen LogP contribution >= 0.6 is 24.0 Å². The summed E-state index contributed by atoms with van der Waals surface area (Å²) in [6.45, 7) is 0.665. The zero-order valence-corrected chi connectivity index (χ0v) is 13.2. The fraction of sp³-hybridized carbons (Fsp3) is 0.125. The Morgan fingerprint density at radius 1 is 1.24 bits per heavy atom. The van der Waals surface area contributed by atoms with Gasteiger partial charge in [0, 0.05) is 17.1 Å². The van der Waals surface area contributed by atoms with Crippen LogP contribution in [0.5, 0.6) is 0 Å². The second-order valence-corrected chi connectivity index (χ2v) is 5.64. The largest absolute Gasteiger partial charge is 0.358 e. The molecule has 2 rings (SSSR count). The third-order valence-electron chi connectivity index (χ3n) is 2.86. The molecular formula is C16H15N3S2. The maximum Gasteiger partial charge on any atom is 0.171 e. The van der Waals surface area contributed by atoms with E-state index in [1.807, 2.05) is 12.1 Å². The second kappa shape index (κ2) is 7.67. The van der Waals surface area contributed by atoms with Crippen LogP contribution in [0.25, 0.3) is 0 Å². The molecule has 0 spiro atoms. The summed E-state index contributed by atoms with van der Waals surface area (Å²) >= 11 is 6.98. The van der Waals surface area contributed by atoms with Crippen LogP contribution in [0, 0.1) is 11.3 Å². The van der Waals surface area contributed by atoms with E-state index < -0.39 is 0 Å². The van der Waals surface area contributed by atoms with E-state index >= 15 is 0 Å². The monoisotopic (exact) mass is 313 g/mol. The molecule has 2 aromatic carbocycles. The predicted octanol–water partition coefficient (Wildman–Crippen LogP) is 3.77. The van der Waals surface area contributed by atoms with E-state index in [0.29, 0.717) is 17.2 Å². The summed E-state index contributed by atoms with van der Waals surface area (Å²) in [4.78, 5) is 1.24. The lowest BCUT2D eigenvalue weighted by Gasteiger charge is -2.11. The number of thioether (sulfide) groups is 1. The summed E-state index contributed by atoms with van der Waals surface area (Å²) in [6.07, 6.45) is 2.06. The molecule has 5 heteroatoms. The van der Waals surface area contributed by atoms with Crippen molar-refractivity contribution in [1.29, 1.82) is 5.26 Å². The highest BCUT2D eigenvalue weighted by atomic mass is 32.2. The van der Waals surface area contributed by atoms with Gasteiger partial charge in [0.2, 0.25) is 0 Å². The average molecular weight is 313 g/mol. The van der Waals surface area contributed by atoms with E-state index in [0.717, 1.165) is 5.69 Å². The Hall–Kier alpha value is -2.03. The SMILES string of the molecule is CSc1ccc(CNC(=S)Nc2cccc(C#N)c2)cc1. The Morgan fingerprint density at radius 2 is 2.00 bits per heavy atom. The van der Waals surface area contributed by atoms with Gasteiger partial charge in [-0.05, 0) is 54.4 Å². The molecular weight excluding hydrogens is 298 g/mol. The summed E-state index contributed by atoms with van der Waals surface area (Å²) in [6, 6.07) is 17.7. The molecule has 0 aliphatic rings.